The minimum atomic E-state index is -0.269. The van der Waals surface area contributed by atoms with Gasteiger partial charge >= 0.3 is 0 Å². The number of nitrogens with two attached hydrogens (primary N) is 2. The summed E-state index contributed by atoms with van der Waals surface area (Å²) in [6.07, 6.45) is 7.22. The summed E-state index contributed by atoms with van der Waals surface area (Å²) in [5.74, 6) is 0.0646. The second-order valence-corrected chi connectivity index (χ2v) is 8.40. The van der Waals surface area contributed by atoms with Crippen molar-refractivity contribution in [3.05, 3.63) is 58.9 Å². The van der Waals surface area contributed by atoms with E-state index in [1.165, 1.54) is 0 Å². The van der Waals surface area contributed by atoms with Crippen LogP contribution in [-0.4, -0.2) is 47.2 Å². The van der Waals surface area contributed by atoms with Gasteiger partial charge in [0.05, 0.1) is 17.6 Å². The SMILES string of the molecule is CCCN(CCC)C(=O)C1=Cc2ccc(C(=O)Nc3ccc(CCCN)nc3)cc2N=C(N)C1. The number of amidine groups is 1. The number of carbonyl (C=O) groups is 2. The molecule has 2 heterocycles. The molecule has 1 aromatic carbocycles. The molecule has 0 fully saturated rings. The second kappa shape index (κ2) is 12.1. The van der Waals surface area contributed by atoms with E-state index in [1.807, 2.05) is 23.1 Å². The van der Waals surface area contributed by atoms with Crippen LogP contribution in [0.3, 0.4) is 0 Å². The first kappa shape index (κ1) is 25.1. The topological polar surface area (TPSA) is 127 Å². The molecule has 2 aromatic rings. The Hall–Kier alpha value is -3.52. The molecule has 0 atom stereocenters. The average Bonchev–Trinajstić information content (AvgIpc) is 3.00. The number of hydrogen-bond donors (Lipinski definition) is 3. The molecule has 0 saturated heterocycles. The standard InChI is InChI=1S/C26H34N6O2/c1-3-12-32(13-4-2)26(34)20-14-18-7-8-19(15-23(18)31-24(28)16-20)25(33)30-22-10-9-21(29-17-22)6-5-11-27/h7-10,14-15,17H,3-6,11-13,16,27H2,1-2H3,(H2,28,31)(H,30,33). The summed E-state index contributed by atoms with van der Waals surface area (Å²) in [7, 11) is 0. The molecular formula is C26H34N6O2. The van der Waals surface area contributed by atoms with Gasteiger partial charge in [-0.25, -0.2) is 4.99 Å². The van der Waals surface area contributed by atoms with E-state index in [-0.39, 0.29) is 18.2 Å². The van der Waals surface area contributed by atoms with E-state index in [2.05, 4.69) is 29.1 Å². The molecule has 2 amide bonds. The van der Waals surface area contributed by atoms with Crippen molar-refractivity contribution < 1.29 is 9.59 Å². The van der Waals surface area contributed by atoms with Crippen molar-refractivity contribution in [2.24, 2.45) is 16.5 Å². The number of nitrogens with zero attached hydrogens (tertiary/aromatic N) is 3. The molecule has 0 spiro atoms. The third-order valence-electron chi connectivity index (χ3n) is 5.53. The lowest BCUT2D eigenvalue weighted by atomic mass is 10.0. The van der Waals surface area contributed by atoms with Gasteiger partial charge in [-0.15, -0.1) is 0 Å². The Morgan fingerprint density at radius 3 is 2.53 bits per heavy atom. The lowest BCUT2D eigenvalue weighted by Crippen LogP contribution is -2.34. The van der Waals surface area contributed by atoms with Gasteiger partial charge in [0.2, 0.25) is 5.91 Å². The number of anilines is 1. The van der Waals surface area contributed by atoms with Gasteiger partial charge in [0.1, 0.15) is 5.84 Å². The molecule has 180 valence electrons. The van der Waals surface area contributed by atoms with Gasteiger partial charge in [-0.1, -0.05) is 19.9 Å². The normalized spacial score (nSPS) is 12.8. The number of carbonyl (C=O) groups excluding carboxylic acids is 2. The third-order valence-corrected chi connectivity index (χ3v) is 5.53. The van der Waals surface area contributed by atoms with Crippen LogP contribution in [0.2, 0.25) is 0 Å². The van der Waals surface area contributed by atoms with Gasteiger partial charge in [-0.05, 0) is 62.6 Å². The van der Waals surface area contributed by atoms with E-state index in [1.54, 1.807) is 24.4 Å². The van der Waals surface area contributed by atoms with Crippen LogP contribution in [0, 0.1) is 0 Å². The van der Waals surface area contributed by atoms with Crippen LogP contribution >= 0.6 is 0 Å². The summed E-state index contributed by atoms with van der Waals surface area (Å²) in [6.45, 7) is 6.14. The number of aryl methyl sites for hydroxylation is 1. The largest absolute Gasteiger partial charge is 0.387 e. The molecule has 8 heteroatoms. The molecule has 34 heavy (non-hydrogen) atoms. The number of benzene rings is 1. The van der Waals surface area contributed by atoms with E-state index < -0.39 is 0 Å². The van der Waals surface area contributed by atoms with Crippen LogP contribution < -0.4 is 16.8 Å². The third kappa shape index (κ3) is 6.51. The molecule has 5 N–H and O–H groups in total. The minimum Gasteiger partial charge on any atom is -0.387 e. The van der Waals surface area contributed by atoms with Crippen LogP contribution in [0.5, 0.6) is 0 Å². The van der Waals surface area contributed by atoms with Crippen molar-refractivity contribution in [3.8, 4) is 0 Å². The van der Waals surface area contributed by atoms with E-state index in [9.17, 15) is 9.59 Å². The zero-order valence-electron chi connectivity index (χ0n) is 20.0. The highest BCUT2D eigenvalue weighted by Crippen LogP contribution is 2.29. The van der Waals surface area contributed by atoms with Crippen molar-refractivity contribution in [3.63, 3.8) is 0 Å². The number of hydrogen-bond acceptors (Lipinski definition) is 6. The first-order valence-corrected chi connectivity index (χ1v) is 11.9. The predicted octanol–water partition coefficient (Wildman–Crippen LogP) is 3.65. The summed E-state index contributed by atoms with van der Waals surface area (Å²) in [6, 6.07) is 8.94. The van der Waals surface area contributed by atoms with E-state index >= 15 is 0 Å². The van der Waals surface area contributed by atoms with E-state index in [4.69, 9.17) is 11.5 Å². The van der Waals surface area contributed by atoms with Crippen molar-refractivity contribution >= 4 is 35.1 Å². The maximum atomic E-state index is 13.1. The highest BCUT2D eigenvalue weighted by atomic mass is 16.2. The zero-order chi connectivity index (χ0) is 24.5. The molecule has 1 aliphatic rings. The van der Waals surface area contributed by atoms with Crippen molar-refractivity contribution in [2.75, 3.05) is 25.0 Å². The molecule has 0 bridgehead atoms. The number of nitrogens with one attached hydrogen (secondary N) is 1. The molecule has 0 saturated carbocycles. The van der Waals surface area contributed by atoms with Crippen LogP contribution in [0.15, 0.2) is 47.1 Å². The van der Waals surface area contributed by atoms with E-state index in [0.29, 0.717) is 48.0 Å². The molecule has 0 aliphatic carbocycles. The van der Waals surface area contributed by atoms with Crippen molar-refractivity contribution in [1.29, 1.82) is 0 Å². The highest BCUT2D eigenvalue weighted by Gasteiger charge is 2.21. The monoisotopic (exact) mass is 462 g/mol. The smallest absolute Gasteiger partial charge is 0.255 e. The molecule has 3 rings (SSSR count). The van der Waals surface area contributed by atoms with Gasteiger partial charge in [-0.2, -0.15) is 0 Å². The number of aliphatic imine (C=N–C) groups is 1. The number of rotatable bonds is 10. The Labute approximate surface area is 201 Å². The Morgan fingerprint density at radius 1 is 1.12 bits per heavy atom. The van der Waals surface area contributed by atoms with Gasteiger partial charge < -0.3 is 21.7 Å². The summed E-state index contributed by atoms with van der Waals surface area (Å²) in [5, 5.41) is 2.86. The first-order valence-electron chi connectivity index (χ1n) is 11.9. The number of aromatic nitrogens is 1. The molecule has 8 nitrogen and oxygen atoms in total. The molecule has 1 aliphatic heterocycles. The Balaban J connectivity index is 1.79. The fourth-order valence-corrected chi connectivity index (χ4v) is 3.86. The van der Waals surface area contributed by atoms with Gasteiger partial charge in [0, 0.05) is 41.9 Å². The second-order valence-electron chi connectivity index (χ2n) is 8.40. The maximum absolute atomic E-state index is 13.1. The average molecular weight is 463 g/mol. The number of amides is 2. The molecular weight excluding hydrogens is 428 g/mol. The summed E-state index contributed by atoms with van der Waals surface area (Å²) >= 11 is 0. The van der Waals surface area contributed by atoms with Crippen LogP contribution in [0.1, 0.15) is 61.1 Å². The molecule has 0 radical (unpaired) electrons. The predicted molar refractivity (Wildman–Crippen MR) is 137 cm³/mol. The first-order chi connectivity index (χ1) is 16.4. The Morgan fingerprint density at radius 2 is 1.88 bits per heavy atom. The highest BCUT2D eigenvalue weighted by molar-refractivity contribution is 6.07. The van der Waals surface area contributed by atoms with Gasteiger partial charge in [0.15, 0.2) is 0 Å². The minimum absolute atomic E-state index is 0.0149. The van der Waals surface area contributed by atoms with Crippen molar-refractivity contribution in [1.82, 2.24) is 9.88 Å². The van der Waals surface area contributed by atoms with Crippen LogP contribution in [0.25, 0.3) is 6.08 Å². The number of fused-ring (bicyclic) bond motifs is 1. The van der Waals surface area contributed by atoms with Crippen LogP contribution in [0.4, 0.5) is 11.4 Å². The van der Waals surface area contributed by atoms with Crippen molar-refractivity contribution in [2.45, 2.75) is 46.0 Å². The summed E-state index contributed by atoms with van der Waals surface area (Å²) in [4.78, 5) is 36.6. The zero-order valence-corrected chi connectivity index (χ0v) is 20.0. The molecule has 0 unspecified atom stereocenters. The summed E-state index contributed by atoms with van der Waals surface area (Å²) in [5.41, 5.74) is 15.6. The fraction of sp³-hybridized carbons (Fsp3) is 0.385. The van der Waals surface area contributed by atoms with Crippen LogP contribution in [-0.2, 0) is 11.2 Å². The fourth-order valence-electron chi connectivity index (χ4n) is 3.86. The van der Waals surface area contributed by atoms with Gasteiger partial charge in [-0.3, -0.25) is 14.6 Å². The maximum Gasteiger partial charge on any atom is 0.255 e. The van der Waals surface area contributed by atoms with Gasteiger partial charge in [0.25, 0.3) is 5.91 Å². The lowest BCUT2D eigenvalue weighted by molar-refractivity contribution is -0.127. The lowest BCUT2D eigenvalue weighted by Gasteiger charge is -2.22. The quantitative estimate of drug-likeness (QED) is 0.497. The molecule has 1 aromatic heterocycles. The van der Waals surface area contributed by atoms with E-state index in [0.717, 1.165) is 36.9 Å². The summed E-state index contributed by atoms with van der Waals surface area (Å²) < 4.78 is 0. The Bertz CT molecular complexity index is 1070. The number of pyridine rings is 1. The Kier molecular flexibility index (Phi) is 8.93.